The van der Waals surface area contributed by atoms with Crippen LogP contribution in [-0.2, 0) is 14.3 Å². The number of anilines is 1. The van der Waals surface area contributed by atoms with E-state index < -0.39 is 23.9 Å². The summed E-state index contributed by atoms with van der Waals surface area (Å²) >= 11 is 0. The summed E-state index contributed by atoms with van der Waals surface area (Å²) in [6, 6.07) is 10.1. The Morgan fingerprint density at radius 1 is 1.10 bits per heavy atom. The fraction of sp³-hybridized carbons (Fsp3) is 0.238. The van der Waals surface area contributed by atoms with Crippen LogP contribution in [0.1, 0.15) is 49.5 Å². The number of aromatic nitrogens is 2. The average molecular weight is 411 g/mol. The fourth-order valence-corrected chi connectivity index (χ4v) is 3.05. The van der Waals surface area contributed by atoms with Crippen molar-refractivity contribution in [2.45, 2.75) is 26.9 Å². The van der Waals surface area contributed by atoms with Gasteiger partial charge in [0.25, 0.3) is 5.91 Å². The third-order valence-electron chi connectivity index (χ3n) is 4.48. The van der Waals surface area contributed by atoms with Crippen LogP contribution in [0.3, 0.4) is 0 Å². The Labute approximate surface area is 172 Å². The summed E-state index contributed by atoms with van der Waals surface area (Å²) < 4.78 is 15.2. The van der Waals surface area contributed by atoms with Crippen LogP contribution in [-0.4, -0.2) is 35.1 Å². The minimum atomic E-state index is -1.25. The molecule has 0 radical (unpaired) electrons. The summed E-state index contributed by atoms with van der Waals surface area (Å²) in [6.07, 6.45) is -1.25. The van der Waals surface area contributed by atoms with Gasteiger partial charge in [0.15, 0.2) is 5.82 Å². The third-order valence-corrected chi connectivity index (χ3v) is 4.48. The van der Waals surface area contributed by atoms with E-state index in [-0.39, 0.29) is 17.1 Å². The zero-order chi connectivity index (χ0) is 21.8. The molecule has 3 aromatic rings. The van der Waals surface area contributed by atoms with Crippen LogP contribution in [0.25, 0.3) is 0 Å². The van der Waals surface area contributed by atoms with E-state index in [1.807, 2.05) is 0 Å². The fourth-order valence-electron chi connectivity index (χ4n) is 3.05. The Morgan fingerprint density at radius 2 is 1.80 bits per heavy atom. The van der Waals surface area contributed by atoms with Gasteiger partial charge in [-0.25, -0.2) is 9.59 Å². The number of aromatic amines is 1. The first-order valence-electron chi connectivity index (χ1n) is 9.09. The number of ether oxygens (including phenoxy) is 2. The van der Waals surface area contributed by atoms with Crippen LogP contribution in [0.2, 0.25) is 0 Å². The van der Waals surface area contributed by atoms with Gasteiger partial charge in [0, 0.05) is 17.3 Å². The van der Waals surface area contributed by atoms with E-state index in [1.54, 1.807) is 57.2 Å². The number of H-pyrrole nitrogens is 1. The van der Waals surface area contributed by atoms with Gasteiger partial charge in [-0.2, -0.15) is 0 Å². The van der Waals surface area contributed by atoms with Gasteiger partial charge in [-0.3, -0.25) is 4.79 Å². The van der Waals surface area contributed by atoms with Crippen LogP contribution in [0, 0.1) is 20.8 Å². The van der Waals surface area contributed by atoms with E-state index in [0.29, 0.717) is 22.6 Å². The minimum absolute atomic E-state index is 0.0684. The molecule has 0 bridgehead atoms. The van der Waals surface area contributed by atoms with Crippen LogP contribution in [0.4, 0.5) is 5.82 Å². The van der Waals surface area contributed by atoms with Crippen LogP contribution in [0.5, 0.6) is 0 Å². The normalized spacial score (nSPS) is 11.6. The first kappa shape index (κ1) is 20.8. The van der Waals surface area contributed by atoms with E-state index >= 15 is 0 Å². The van der Waals surface area contributed by atoms with Crippen LogP contribution >= 0.6 is 0 Å². The maximum atomic E-state index is 12.9. The molecular formula is C21H21N3O6. The molecule has 2 heterocycles. The molecule has 1 amide bonds. The second-order valence-electron chi connectivity index (χ2n) is 6.62. The van der Waals surface area contributed by atoms with Crippen molar-refractivity contribution in [1.82, 2.24) is 10.1 Å². The maximum absolute atomic E-state index is 12.9. The monoisotopic (exact) mass is 411 g/mol. The zero-order valence-corrected chi connectivity index (χ0v) is 16.9. The summed E-state index contributed by atoms with van der Waals surface area (Å²) in [5.74, 6) is -1.23. The lowest BCUT2D eigenvalue weighted by Gasteiger charge is -2.17. The molecule has 0 fully saturated rings. The first-order chi connectivity index (χ1) is 14.3. The second-order valence-corrected chi connectivity index (χ2v) is 6.62. The number of hydrogen-bond acceptors (Lipinski definition) is 7. The number of amides is 1. The number of benzene rings is 1. The zero-order valence-electron chi connectivity index (χ0n) is 16.9. The Kier molecular flexibility index (Phi) is 6.01. The number of methoxy groups -OCH3 is 1. The van der Waals surface area contributed by atoms with Crippen molar-refractivity contribution < 1.29 is 28.4 Å². The molecule has 156 valence electrons. The molecule has 1 unspecified atom stereocenters. The highest BCUT2D eigenvalue weighted by atomic mass is 16.5. The van der Waals surface area contributed by atoms with Crippen molar-refractivity contribution in [3.63, 3.8) is 0 Å². The number of aryl methyl sites for hydroxylation is 2. The van der Waals surface area contributed by atoms with Crippen molar-refractivity contribution in [3.8, 4) is 0 Å². The SMILES string of the molecule is COC(=O)c1c(C)[nH]c(C(=O)OC(C(=O)Nc2cc(C)on2)c2ccccc2)c1C. The largest absolute Gasteiger partial charge is 0.465 e. The lowest BCUT2D eigenvalue weighted by atomic mass is 10.1. The van der Waals surface area contributed by atoms with Gasteiger partial charge < -0.3 is 24.3 Å². The molecule has 2 aromatic heterocycles. The van der Waals surface area contributed by atoms with Gasteiger partial charge in [0.1, 0.15) is 11.5 Å². The molecule has 9 nitrogen and oxygen atoms in total. The quantitative estimate of drug-likeness (QED) is 0.597. The number of carbonyl (C=O) groups is 3. The lowest BCUT2D eigenvalue weighted by molar-refractivity contribution is -0.125. The van der Waals surface area contributed by atoms with Gasteiger partial charge in [-0.1, -0.05) is 35.5 Å². The molecule has 30 heavy (non-hydrogen) atoms. The number of rotatable bonds is 6. The van der Waals surface area contributed by atoms with Gasteiger partial charge in [-0.05, 0) is 26.3 Å². The van der Waals surface area contributed by atoms with E-state index in [2.05, 4.69) is 15.5 Å². The van der Waals surface area contributed by atoms with E-state index in [9.17, 15) is 14.4 Å². The Balaban J connectivity index is 1.89. The minimum Gasteiger partial charge on any atom is -0.465 e. The molecule has 0 saturated heterocycles. The lowest BCUT2D eigenvalue weighted by Crippen LogP contribution is -2.26. The molecule has 0 spiro atoms. The average Bonchev–Trinajstić information content (AvgIpc) is 3.27. The number of nitrogens with zero attached hydrogens (tertiary/aromatic N) is 1. The second kappa shape index (κ2) is 8.64. The predicted molar refractivity (Wildman–Crippen MR) is 106 cm³/mol. The third kappa shape index (κ3) is 4.24. The van der Waals surface area contributed by atoms with E-state index in [0.717, 1.165) is 0 Å². The summed E-state index contributed by atoms with van der Waals surface area (Å²) in [5, 5.41) is 6.29. The van der Waals surface area contributed by atoms with E-state index in [1.165, 1.54) is 7.11 Å². The van der Waals surface area contributed by atoms with Gasteiger partial charge in [0.05, 0.1) is 12.7 Å². The molecule has 2 N–H and O–H groups in total. The molecule has 0 aliphatic heterocycles. The van der Waals surface area contributed by atoms with Gasteiger partial charge in [-0.15, -0.1) is 0 Å². The highest BCUT2D eigenvalue weighted by Crippen LogP contribution is 2.25. The molecule has 0 aliphatic carbocycles. The summed E-state index contributed by atoms with van der Waals surface area (Å²) in [5.41, 5.74) is 1.63. The molecule has 1 aromatic carbocycles. The maximum Gasteiger partial charge on any atom is 0.356 e. The number of esters is 2. The van der Waals surface area contributed by atoms with E-state index in [4.69, 9.17) is 14.0 Å². The van der Waals surface area contributed by atoms with Crippen molar-refractivity contribution in [2.75, 3.05) is 12.4 Å². The number of nitrogens with one attached hydrogen (secondary N) is 2. The first-order valence-corrected chi connectivity index (χ1v) is 9.09. The number of hydrogen-bond donors (Lipinski definition) is 2. The highest BCUT2D eigenvalue weighted by Gasteiger charge is 2.30. The van der Waals surface area contributed by atoms with Gasteiger partial charge in [0.2, 0.25) is 6.10 Å². The standard InChI is InChI=1S/C21H21N3O6/c1-11-10-15(24-30-11)23-19(25)18(14-8-6-5-7-9-14)29-21(27)17-12(2)16(13(3)22-17)20(26)28-4/h5-10,18,22H,1-4H3,(H,23,24,25). The topological polar surface area (TPSA) is 124 Å². The van der Waals surface area contributed by atoms with Crippen molar-refractivity contribution in [3.05, 3.63) is 70.2 Å². The molecule has 0 aliphatic rings. The summed E-state index contributed by atoms with van der Waals surface area (Å²) in [7, 11) is 1.26. The van der Waals surface area contributed by atoms with Crippen molar-refractivity contribution in [1.29, 1.82) is 0 Å². The molecule has 0 saturated carbocycles. The van der Waals surface area contributed by atoms with Crippen LogP contribution in [0.15, 0.2) is 40.9 Å². The highest BCUT2D eigenvalue weighted by molar-refractivity contribution is 6.00. The van der Waals surface area contributed by atoms with Gasteiger partial charge >= 0.3 is 11.9 Å². The molecule has 3 rings (SSSR count). The van der Waals surface area contributed by atoms with Crippen LogP contribution < -0.4 is 5.32 Å². The number of carbonyl (C=O) groups excluding carboxylic acids is 3. The Morgan fingerprint density at radius 3 is 2.40 bits per heavy atom. The molecule has 1 atom stereocenters. The smallest absolute Gasteiger partial charge is 0.356 e. The Hall–Kier alpha value is -3.88. The molecular weight excluding hydrogens is 390 g/mol. The predicted octanol–water partition coefficient (Wildman–Crippen LogP) is 3.25. The van der Waals surface area contributed by atoms with Crippen molar-refractivity contribution >= 4 is 23.7 Å². The van der Waals surface area contributed by atoms with Crippen molar-refractivity contribution in [2.24, 2.45) is 0 Å². The molecule has 9 heteroatoms. The Bertz CT molecular complexity index is 1080. The summed E-state index contributed by atoms with van der Waals surface area (Å²) in [4.78, 5) is 40.5. The summed E-state index contributed by atoms with van der Waals surface area (Å²) in [6.45, 7) is 4.93.